The molecular weight excluding hydrogens is 310 g/mol. The Morgan fingerprint density at radius 1 is 1.12 bits per heavy atom. The molecule has 1 aliphatic rings. The van der Waals surface area contributed by atoms with Crippen LogP contribution in [0.15, 0.2) is 42.7 Å². The summed E-state index contributed by atoms with van der Waals surface area (Å²) in [5, 5.41) is 6.16. The second-order valence-corrected chi connectivity index (χ2v) is 7.96. The SMILES string of the molecule is CC(C)(C)OCc1ccc2c(CC3CC3)n(-c3ccncc3)nc2c1. The second kappa shape index (κ2) is 6.26. The van der Waals surface area contributed by atoms with Crippen LogP contribution < -0.4 is 0 Å². The molecule has 0 atom stereocenters. The molecule has 1 aliphatic carbocycles. The molecule has 0 amide bonds. The molecule has 4 nitrogen and oxygen atoms in total. The van der Waals surface area contributed by atoms with Gasteiger partial charge in [-0.15, -0.1) is 0 Å². The Kier molecular flexibility index (Phi) is 4.08. The van der Waals surface area contributed by atoms with Gasteiger partial charge >= 0.3 is 0 Å². The highest BCUT2D eigenvalue weighted by Crippen LogP contribution is 2.35. The minimum Gasteiger partial charge on any atom is -0.371 e. The predicted molar refractivity (Wildman–Crippen MR) is 99.8 cm³/mol. The van der Waals surface area contributed by atoms with Crippen LogP contribution in [0.25, 0.3) is 16.6 Å². The lowest BCUT2D eigenvalue weighted by Gasteiger charge is -2.19. The minimum atomic E-state index is -0.136. The Balaban J connectivity index is 1.73. The molecule has 25 heavy (non-hydrogen) atoms. The number of rotatable bonds is 5. The topological polar surface area (TPSA) is 39.9 Å². The molecule has 1 saturated carbocycles. The highest BCUT2D eigenvalue weighted by molar-refractivity contribution is 5.83. The first-order chi connectivity index (χ1) is 12.0. The standard InChI is InChI=1S/C21H25N3O/c1-21(2,3)25-14-16-6-7-18-19(12-16)23-24(17-8-10-22-11-9-17)20(18)13-15-4-5-15/h6-12,15H,4-5,13-14H2,1-3H3. The van der Waals surface area contributed by atoms with Gasteiger partial charge in [0.1, 0.15) is 0 Å². The third-order valence-electron chi connectivity index (χ3n) is 4.59. The van der Waals surface area contributed by atoms with Gasteiger partial charge in [0.15, 0.2) is 0 Å². The first-order valence-electron chi connectivity index (χ1n) is 9.04. The van der Waals surface area contributed by atoms with E-state index in [0.29, 0.717) is 6.61 Å². The molecule has 0 spiro atoms. The molecule has 2 heterocycles. The number of ether oxygens (including phenoxy) is 1. The number of hydrogen-bond acceptors (Lipinski definition) is 3. The maximum absolute atomic E-state index is 5.92. The molecule has 0 radical (unpaired) electrons. The van der Waals surface area contributed by atoms with E-state index in [9.17, 15) is 0 Å². The van der Waals surface area contributed by atoms with Crippen LogP contribution in [-0.2, 0) is 17.8 Å². The van der Waals surface area contributed by atoms with Crippen molar-refractivity contribution >= 4 is 10.9 Å². The zero-order valence-corrected chi connectivity index (χ0v) is 15.2. The van der Waals surface area contributed by atoms with E-state index in [-0.39, 0.29) is 5.60 Å². The zero-order valence-electron chi connectivity index (χ0n) is 15.2. The first-order valence-corrected chi connectivity index (χ1v) is 9.04. The highest BCUT2D eigenvalue weighted by Gasteiger charge is 2.25. The Hall–Kier alpha value is -2.20. The summed E-state index contributed by atoms with van der Waals surface area (Å²) < 4.78 is 8.01. The van der Waals surface area contributed by atoms with Crippen molar-refractivity contribution in [3.05, 3.63) is 54.0 Å². The lowest BCUT2D eigenvalue weighted by atomic mass is 10.1. The molecule has 130 valence electrons. The van der Waals surface area contributed by atoms with Crippen molar-refractivity contribution in [2.24, 2.45) is 5.92 Å². The van der Waals surface area contributed by atoms with Crippen LogP contribution in [0.1, 0.15) is 44.9 Å². The van der Waals surface area contributed by atoms with Gasteiger partial charge < -0.3 is 4.74 Å². The van der Waals surface area contributed by atoms with Crippen LogP contribution in [0.2, 0.25) is 0 Å². The van der Waals surface area contributed by atoms with E-state index in [1.165, 1.54) is 29.5 Å². The smallest absolute Gasteiger partial charge is 0.0934 e. The Morgan fingerprint density at radius 2 is 1.88 bits per heavy atom. The Morgan fingerprint density at radius 3 is 2.56 bits per heavy atom. The van der Waals surface area contributed by atoms with Crippen molar-refractivity contribution in [2.45, 2.75) is 52.2 Å². The largest absolute Gasteiger partial charge is 0.371 e. The van der Waals surface area contributed by atoms with Crippen molar-refractivity contribution in [3.63, 3.8) is 0 Å². The average molecular weight is 335 g/mol. The monoisotopic (exact) mass is 335 g/mol. The number of hydrogen-bond donors (Lipinski definition) is 0. The van der Waals surface area contributed by atoms with E-state index >= 15 is 0 Å². The van der Waals surface area contributed by atoms with Gasteiger partial charge in [0, 0.05) is 17.8 Å². The molecule has 2 aromatic heterocycles. The lowest BCUT2D eigenvalue weighted by molar-refractivity contribution is -0.0149. The average Bonchev–Trinajstić information content (AvgIpc) is 3.34. The lowest BCUT2D eigenvalue weighted by Crippen LogP contribution is -2.18. The minimum absolute atomic E-state index is 0.136. The summed E-state index contributed by atoms with van der Waals surface area (Å²) in [6.07, 6.45) is 7.41. The molecule has 0 aliphatic heterocycles. The van der Waals surface area contributed by atoms with Gasteiger partial charge in [0.05, 0.1) is 29.1 Å². The van der Waals surface area contributed by atoms with Crippen LogP contribution in [0.5, 0.6) is 0 Å². The van der Waals surface area contributed by atoms with Gasteiger partial charge in [-0.05, 0) is 69.7 Å². The zero-order chi connectivity index (χ0) is 17.4. The normalized spacial score (nSPS) is 15.0. The van der Waals surface area contributed by atoms with E-state index in [4.69, 9.17) is 9.84 Å². The van der Waals surface area contributed by atoms with Gasteiger partial charge in [0.25, 0.3) is 0 Å². The van der Waals surface area contributed by atoms with Gasteiger partial charge in [0.2, 0.25) is 0 Å². The maximum atomic E-state index is 5.92. The molecule has 0 unspecified atom stereocenters. The molecular formula is C21H25N3O. The molecule has 0 N–H and O–H groups in total. The fraction of sp³-hybridized carbons (Fsp3) is 0.429. The Labute approximate surface area is 148 Å². The summed E-state index contributed by atoms with van der Waals surface area (Å²) in [5.41, 5.74) is 4.46. The van der Waals surface area contributed by atoms with Gasteiger partial charge in [-0.2, -0.15) is 5.10 Å². The van der Waals surface area contributed by atoms with Crippen molar-refractivity contribution < 1.29 is 4.74 Å². The fourth-order valence-electron chi connectivity index (χ4n) is 3.07. The van der Waals surface area contributed by atoms with E-state index in [2.05, 4.69) is 48.6 Å². The summed E-state index contributed by atoms with van der Waals surface area (Å²) >= 11 is 0. The molecule has 4 heteroatoms. The van der Waals surface area contributed by atoms with Crippen molar-refractivity contribution in [1.82, 2.24) is 14.8 Å². The van der Waals surface area contributed by atoms with Crippen molar-refractivity contribution in [1.29, 1.82) is 0 Å². The van der Waals surface area contributed by atoms with E-state index in [1.807, 2.05) is 24.5 Å². The summed E-state index contributed by atoms with van der Waals surface area (Å²) in [6.45, 7) is 6.85. The molecule has 3 aromatic rings. The summed E-state index contributed by atoms with van der Waals surface area (Å²) in [7, 11) is 0. The third-order valence-corrected chi connectivity index (χ3v) is 4.59. The van der Waals surface area contributed by atoms with Crippen LogP contribution in [0.4, 0.5) is 0 Å². The molecule has 4 rings (SSSR count). The van der Waals surface area contributed by atoms with Crippen LogP contribution in [0, 0.1) is 5.92 Å². The fourth-order valence-corrected chi connectivity index (χ4v) is 3.07. The number of aromatic nitrogens is 3. The quantitative estimate of drug-likeness (QED) is 0.679. The van der Waals surface area contributed by atoms with Crippen molar-refractivity contribution in [3.8, 4) is 5.69 Å². The summed E-state index contributed by atoms with van der Waals surface area (Å²) in [6, 6.07) is 10.6. The van der Waals surface area contributed by atoms with E-state index in [0.717, 1.165) is 23.5 Å². The number of nitrogens with zero attached hydrogens (tertiary/aromatic N) is 3. The van der Waals surface area contributed by atoms with Crippen LogP contribution >= 0.6 is 0 Å². The number of pyridine rings is 1. The molecule has 0 bridgehead atoms. The van der Waals surface area contributed by atoms with Gasteiger partial charge in [-0.25, -0.2) is 4.68 Å². The third kappa shape index (κ3) is 3.74. The molecule has 1 aromatic carbocycles. The van der Waals surface area contributed by atoms with E-state index in [1.54, 1.807) is 0 Å². The van der Waals surface area contributed by atoms with E-state index < -0.39 is 0 Å². The second-order valence-electron chi connectivity index (χ2n) is 7.96. The van der Waals surface area contributed by atoms with Crippen molar-refractivity contribution in [2.75, 3.05) is 0 Å². The number of fused-ring (bicyclic) bond motifs is 1. The van der Waals surface area contributed by atoms with Gasteiger partial charge in [-0.3, -0.25) is 4.98 Å². The summed E-state index contributed by atoms with van der Waals surface area (Å²) in [4.78, 5) is 4.13. The molecule has 0 saturated heterocycles. The highest BCUT2D eigenvalue weighted by atomic mass is 16.5. The van der Waals surface area contributed by atoms with Gasteiger partial charge in [-0.1, -0.05) is 12.1 Å². The molecule has 1 fully saturated rings. The maximum Gasteiger partial charge on any atom is 0.0934 e. The predicted octanol–water partition coefficient (Wildman–Crippen LogP) is 4.69. The van der Waals surface area contributed by atoms with Crippen LogP contribution in [-0.4, -0.2) is 20.4 Å². The summed E-state index contributed by atoms with van der Waals surface area (Å²) in [5.74, 6) is 0.810. The van der Waals surface area contributed by atoms with Crippen LogP contribution in [0.3, 0.4) is 0 Å². The number of benzene rings is 1. The Bertz CT molecular complexity index is 873. The first kappa shape index (κ1) is 16.3.